The van der Waals surface area contributed by atoms with Crippen LogP contribution < -0.4 is 5.32 Å². The van der Waals surface area contributed by atoms with Crippen LogP contribution in [-0.2, 0) is 19.6 Å². The topological polar surface area (TPSA) is 96.0 Å². The van der Waals surface area contributed by atoms with Crippen LogP contribution in [0.5, 0.6) is 0 Å². The molecule has 2 aromatic rings. The highest BCUT2D eigenvalue weighted by Gasteiger charge is 2.29. The van der Waals surface area contributed by atoms with Gasteiger partial charge in [0.2, 0.25) is 15.9 Å². The fourth-order valence-corrected chi connectivity index (χ4v) is 4.55. The van der Waals surface area contributed by atoms with E-state index >= 15 is 0 Å². The van der Waals surface area contributed by atoms with Gasteiger partial charge in [0.15, 0.2) is 0 Å². The van der Waals surface area contributed by atoms with Crippen molar-refractivity contribution in [2.45, 2.75) is 18.2 Å². The summed E-state index contributed by atoms with van der Waals surface area (Å²) in [6.07, 6.45) is -0.676. The molecule has 1 N–H and O–H groups in total. The molecule has 3 rings (SSSR count). The average molecular weight is 450 g/mol. The second-order valence-electron chi connectivity index (χ2n) is 7.12. The molecule has 8 nitrogen and oxygen atoms in total. The van der Waals surface area contributed by atoms with Gasteiger partial charge in [-0.2, -0.15) is 4.31 Å². The third kappa shape index (κ3) is 6.02. The van der Waals surface area contributed by atoms with E-state index in [1.54, 1.807) is 24.3 Å². The number of nitrogens with one attached hydrogen (secondary N) is 1. The second-order valence-corrected chi connectivity index (χ2v) is 9.05. The van der Waals surface area contributed by atoms with Crippen LogP contribution in [0.3, 0.4) is 0 Å². The Labute approximate surface area is 180 Å². The van der Waals surface area contributed by atoms with Gasteiger partial charge < -0.3 is 9.64 Å². The predicted molar refractivity (Wildman–Crippen MR) is 113 cm³/mol. The number of rotatable bonds is 6. The summed E-state index contributed by atoms with van der Waals surface area (Å²) in [5.74, 6) is -0.624. The third-order valence-electron chi connectivity index (χ3n) is 4.89. The van der Waals surface area contributed by atoms with Crippen molar-refractivity contribution < 1.29 is 27.1 Å². The second kappa shape index (κ2) is 9.88. The SMILES string of the molecule is Cc1ccc(S(=O)(=O)N2CCC(=O)N(CCOC(=O)Nc3ccc(F)cc3)CC2)cc1. The van der Waals surface area contributed by atoms with Gasteiger partial charge in [-0.05, 0) is 43.3 Å². The Morgan fingerprint density at radius 1 is 1.06 bits per heavy atom. The smallest absolute Gasteiger partial charge is 0.411 e. The summed E-state index contributed by atoms with van der Waals surface area (Å²) in [6.45, 7) is 2.42. The van der Waals surface area contributed by atoms with Crippen molar-refractivity contribution in [2.24, 2.45) is 0 Å². The first-order valence-corrected chi connectivity index (χ1v) is 11.2. The zero-order valence-corrected chi connectivity index (χ0v) is 17.9. The summed E-state index contributed by atoms with van der Waals surface area (Å²) in [5.41, 5.74) is 1.34. The van der Waals surface area contributed by atoms with Gasteiger partial charge in [0, 0.05) is 31.7 Å². The fraction of sp³-hybridized carbons (Fsp3) is 0.333. The molecular weight excluding hydrogens is 425 g/mol. The fourth-order valence-electron chi connectivity index (χ4n) is 3.12. The van der Waals surface area contributed by atoms with E-state index in [0.29, 0.717) is 5.69 Å². The molecule has 31 heavy (non-hydrogen) atoms. The molecule has 1 heterocycles. The normalized spacial score (nSPS) is 15.4. The molecule has 1 aliphatic rings. The highest BCUT2D eigenvalue weighted by atomic mass is 32.2. The Hall–Kier alpha value is -2.98. The van der Waals surface area contributed by atoms with E-state index in [4.69, 9.17) is 4.74 Å². The van der Waals surface area contributed by atoms with E-state index in [2.05, 4.69) is 5.32 Å². The lowest BCUT2D eigenvalue weighted by Crippen LogP contribution is -2.37. The Morgan fingerprint density at radius 2 is 1.74 bits per heavy atom. The minimum Gasteiger partial charge on any atom is -0.447 e. The number of carbonyl (C=O) groups is 2. The summed E-state index contributed by atoms with van der Waals surface area (Å²) in [5, 5.41) is 2.46. The number of benzene rings is 2. The number of amides is 2. The number of ether oxygens (including phenoxy) is 1. The summed E-state index contributed by atoms with van der Waals surface area (Å²) >= 11 is 0. The number of hydrogen-bond donors (Lipinski definition) is 1. The van der Waals surface area contributed by atoms with Crippen LogP contribution in [0.15, 0.2) is 53.4 Å². The van der Waals surface area contributed by atoms with Crippen LogP contribution in [0, 0.1) is 12.7 Å². The maximum Gasteiger partial charge on any atom is 0.411 e. The number of nitrogens with zero attached hydrogens (tertiary/aromatic N) is 2. The molecule has 1 saturated heterocycles. The zero-order valence-electron chi connectivity index (χ0n) is 17.1. The van der Waals surface area contributed by atoms with Crippen molar-refractivity contribution in [1.82, 2.24) is 9.21 Å². The minimum absolute atomic E-state index is 0.0485. The molecule has 0 spiro atoms. The first-order chi connectivity index (χ1) is 14.8. The zero-order chi connectivity index (χ0) is 22.4. The number of aryl methyl sites for hydroxylation is 1. The van der Waals surface area contributed by atoms with Gasteiger partial charge in [-0.15, -0.1) is 0 Å². The van der Waals surface area contributed by atoms with Gasteiger partial charge in [0.25, 0.3) is 0 Å². The summed E-state index contributed by atoms with van der Waals surface area (Å²) < 4.78 is 45.0. The van der Waals surface area contributed by atoms with Crippen LogP contribution in [0.25, 0.3) is 0 Å². The van der Waals surface area contributed by atoms with Gasteiger partial charge in [-0.25, -0.2) is 17.6 Å². The van der Waals surface area contributed by atoms with E-state index in [0.717, 1.165) is 5.56 Å². The van der Waals surface area contributed by atoms with Crippen molar-refractivity contribution in [3.8, 4) is 0 Å². The molecule has 0 atom stereocenters. The quantitative estimate of drug-likeness (QED) is 0.731. The Morgan fingerprint density at radius 3 is 2.42 bits per heavy atom. The van der Waals surface area contributed by atoms with Crippen molar-refractivity contribution in [1.29, 1.82) is 0 Å². The Bertz CT molecular complexity index is 1030. The monoisotopic (exact) mass is 449 g/mol. The lowest BCUT2D eigenvalue weighted by Gasteiger charge is -2.22. The van der Waals surface area contributed by atoms with Crippen LogP contribution in [-0.4, -0.2) is 62.4 Å². The largest absolute Gasteiger partial charge is 0.447 e. The molecule has 0 radical (unpaired) electrons. The molecular formula is C21H24FN3O5S. The van der Waals surface area contributed by atoms with Gasteiger partial charge in [-0.1, -0.05) is 17.7 Å². The lowest BCUT2D eigenvalue weighted by atomic mass is 10.2. The van der Waals surface area contributed by atoms with Gasteiger partial charge in [-0.3, -0.25) is 10.1 Å². The molecule has 2 amide bonds. The van der Waals surface area contributed by atoms with E-state index in [1.807, 2.05) is 6.92 Å². The van der Waals surface area contributed by atoms with Crippen LogP contribution in [0.4, 0.5) is 14.9 Å². The third-order valence-corrected chi connectivity index (χ3v) is 6.80. The van der Waals surface area contributed by atoms with E-state index in [-0.39, 0.29) is 50.0 Å². The van der Waals surface area contributed by atoms with Crippen LogP contribution in [0.1, 0.15) is 12.0 Å². The predicted octanol–water partition coefficient (Wildman–Crippen LogP) is 2.61. The number of carbonyl (C=O) groups excluding carboxylic acids is 2. The van der Waals surface area contributed by atoms with E-state index in [1.165, 1.54) is 33.5 Å². The molecule has 0 aromatic heterocycles. The van der Waals surface area contributed by atoms with Gasteiger partial charge >= 0.3 is 6.09 Å². The van der Waals surface area contributed by atoms with E-state index < -0.39 is 21.9 Å². The number of hydrogen-bond acceptors (Lipinski definition) is 5. The summed E-state index contributed by atoms with van der Waals surface area (Å²) in [6, 6.07) is 11.8. The first kappa shape index (κ1) is 22.7. The number of anilines is 1. The van der Waals surface area contributed by atoms with Crippen molar-refractivity contribution >= 4 is 27.7 Å². The highest BCUT2D eigenvalue weighted by molar-refractivity contribution is 7.89. The minimum atomic E-state index is -3.69. The maximum atomic E-state index is 12.9. The maximum absolute atomic E-state index is 12.9. The molecule has 166 valence electrons. The van der Waals surface area contributed by atoms with Gasteiger partial charge in [0.1, 0.15) is 12.4 Å². The standard InChI is InChI=1S/C21H24FN3O5S/c1-16-2-8-19(9-3-16)31(28,29)25-11-10-20(26)24(12-13-25)14-15-30-21(27)23-18-6-4-17(22)5-7-18/h2-9H,10-15H2,1H3,(H,23,27). The van der Waals surface area contributed by atoms with Crippen molar-refractivity contribution in [2.75, 3.05) is 38.1 Å². The molecule has 0 saturated carbocycles. The molecule has 2 aromatic carbocycles. The summed E-state index contributed by atoms with van der Waals surface area (Å²) in [4.78, 5) is 25.9. The lowest BCUT2D eigenvalue weighted by molar-refractivity contribution is -0.130. The van der Waals surface area contributed by atoms with Crippen molar-refractivity contribution in [3.63, 3.8) is 0 Å². The van der Waals surface area contributed by atoms with E-state index in [9.17, 15) is 22.4 Å². The Balaban J connectivity index is 1.51. The Kier molecular flexibility index (Phi) is 7.24. The molecule has 1 aliphatic heterocycles. The number of sulfonamides is 1. The van der Waals surface area contributed by atoms with Crippen LogP contribution >= 0.6 is 0 Å². The van der Waals surface area contributed by atoms with Crippen LogP contribution in [0.2, 0.25) is 0 Å². The highest BCUT2D eigenvalue weighted by Crippen LogP contribution is 2.18. The molecule has 0 aliphatic carbocycles. The summed E-state index contributed by atoms with van der Waals surface area (Å²) in [7, 11) is -3.69. The molecule has 1 fully saturated rings. The molecule has 0 unspecified atom stereocenters. The first-order valence-electron chi connectivity index (χ1n) is 9.79. The number of halogens is 1. The molecule has 10 heteroatoms. The van der Waals surface area contributed by atoms with Crippen molar-refractivity contribution in [3.05, 3.63) is 59.9 Å². The average Bonchev–Trinajstić information content (AvgIpc) is 2.92. The van der Waals surface area contributed by atoms with Gasteiger partial charge in [0.05, 0.1) is 11.4 Å². The molecule has 0 bridgehead atoms.